The molecule has 0 spiro atoms. The molecule has 1 aromatic rings. The van der Waals surface area contributed by atoms with Crippen LogP contribution >= 0.6 is 0 Å². The van der Waals surface area contributed by atoms with E-state index in [4.69, 9.17) is 4.74 Å². The second-order valence-corrected chi connectivity index (χ2v) is 6.89. The Morgan fingerprint density at radius 1 is 1.32 bits per heavy atom. The molecule has 7 heteroatoms. The molecule has 1 aromatic heterocycles. The molecule has 1 aliphatic carbocycles. The van der Waals surface area contributed by atoms with E-state index in [0.717, 1.165) is 30.5 Å². The quantitative estimate of drug-likeness (QED) is 0.752. The van der Waals surface area contributed by atoms with E-state index in [1.807, 2.05) is 0 Å². The number of esters is 1. The van der Waals surface area contributed by atoms with E-state index in [1.54, 1.807) is 24.9 Å². The van der Waals surface area contributed by atoms with Gasteiger partial charge in [-0.15, -0.1) is 0 Å². The Labute approximate surface area is 147 Å². The SMILES string of the molecule is CCOC(=O)[C@H]1CCCN(C(=O)[C@H]2CCc3nn(C)c(=O)cc3C2)C1. The van der Waals surface area contributed by atoms with Crippen LogP contribution in [0, 0.1) is 11.8 Å². The van der Waals surface area contributed by atoms with Gasteiger partial charge < -0.3 is 9.64 Å². The highest BCUT2D eigenvalue weighted by molar-refractivity contribution is 5.81. The van der Waals surface area contributed by atoms with Crippen molar-refractivity contribution in [3.8, 4) is 0 Å². The Hall–Kier alpha value is -2.18. The molecular weight excluding hydrogens is 322 g/mol. The third kappa shape index (κ3) is 3.75. The first-order chi connectivity index (χ1) is 12.0. The van der Waals surface area contributed by atoms with Gasteiger partial charge in [0.25, 0.3) is 5.56 Å². The summed E-state index contributed by atoms with van der Waals surface area (Å²) >= 11 is 0. The molecule has 0 saturated carbocycles. The summed E-state index contributed by atoms with van der Waals surface area (Å²) in [7, 11) is 1.64. The number of hydrogen-bond acceptors (Lipinski definition) is 5. The number of likely N-dealkylation sites (tertiary alicyclic amines) is 1. The summed E-state index contributed by atoms with van der Waals surface area (Å²) < 4.78 is 6.45. The molecule has 25 heavy (non-hydrogen) atoms. The fourth-order valence-electron chi connectivity index (χ4n) is 3.78. The lowest BCUT2D eigenvalue weighted by Gasteiger charge is -2.35. The van der Waals surface area contributed by atoms with Gasteiger partial charge in [0.15, 0.2) is 0 Å². The van der Waals surface area contributed by atoms with Crippen molar-refractivity contribution in [1.29, 1.82) is 0 Å². The van der Waals surface area contributed by atoms with Crippen molar-refractivity contribution in [2.45, 2.75) is 39.0 Å². The average molecular weight is 347 g/mol. The summed E-state index contributed by atoms with van der Waals surface area (Å²) in [6, 6.07) is 1.60. The van der Waals surface area contributed by atoms with Crippen LogP contribution in [0.15, 0.2) is 10.9 Å². The third-order valence-corrected chi connectivity index (χ3v) is 5.16. The van der Waals surface area contributed by atoms with Gasteiger partial charge >= 0.3 is 5.97 Å². The van der Waals surface area contributed by atoms with E-state index >= 15 is 0 Å². The maximum absolute atomic E-state index is 12.9. The number of fused-ring (bicyclic) bond motifs is 1. The second kappa shape index (κ2) is 7.37. The first-order valence-corrected chi connectivity index (χ1v) is 9.01. The van der Waals surface area contributed by atoms with Crippen molar-refractivity contribution in [3.05, 3.63) is 27.7 Å². The van der Waals surface area contributed by atoms with Crippen LogP contribution in [0.25, 0.3) is 0 Å². The standard InChI is InChI=1S/C18H25N3O4/c1-3-25-18(24)13-5-4-8-21(11-13)17(23)12-6-7-15-14(9-12)10-16(22)20(2)19-15/h10,12-13H,3-9,11H2,1-2H3/t12-,13-/m0/s1. The van der Waals surface area contributed by atoms with E-state index in [-0.39, 0.29) is 29.3 Å². The Balaban J connectivity index is 1.68. The molecule has 136 valence electrons. The number of carbonyl (C=O) groups is 2. The normalized spacial score (nSPS) is 23.0. The van der Waals surface area contributed by atoms with Gasteiger partial charge in [0.05, 0.1) is 18.2 Å². The first kappa shape index (κ1) is 17.6. The van der Waals surface area contributed by atoms with Gasteiger partial charge in [-0.25, -0.2) is 4.68 Å². The molecule has 0 aromatic carbocycles. The highest BCUT2D eigenvalue weighted by Gasteiger charge is 2.34. The van der Waals surface area contributed by atoms with Gasteiger partial charge in [-0.1, -0.05) is 0 Å². The van der Waals surface area contributed by atoms with Crippen LogP contribution < -0.4 is 5.56 Å². The summed E-state index contributed by atoms with van der Waals surface area (Å²) in [5, 5.41) is 4.29. The fourth-order valence-corrected chi connectivity index (χ4v) is 3.78. The number of ether oxygens (including phenoxy) is 1. The molecule has 7 nitrogen and oxygen atoms in total. The third-order valence-electron chi connectivity index (χ3n) is 5.16. The molecule has 2 aliphatic rings. The summed E-state index contributed by atoms with van der Waals surface area (Å²) in [6.45, 7) is 3.29. The number of nitrogens with zero attached hydrogens (tertiary/aromatic N) is 3. The van der Waals surface area contributed by atoms with E-state index in [0.29, 0.717) is 32.5 Å². The molecule has 0 N–H and O–H groups in total. The van der Waals surface area contributed by atoms with Crippen molar-refractivity contribution >= 4 is 11.9 Å². The zero-order valence-corrected chi connectivity index (χ0v) is 14.9. The summed E-state index contributed by atoms with van der Waals surface area (Å²) in [5.74, 6) is -0.480. The molecule has 3 rings (SSSR count). The van der Waals surface area contributed by atoms with Crippen LogP contribution in [0.3, 0.4) is 0 Å². The number of carbonyl (C=O) groups excluding carboxylic acids is 2. The summed E-state index contributed by atoms with van der Waals surface area (Å²) in [5.41, 5.74) is 1.65. The number of rotatable bonds is 3. The predicted molar refractivity (Wildman–Crippen MR) is 90.9 cm³/mol. The van der Waals surface area contributed by atoms with Crippen LogP contribution in [-0.4, -0.2) is 46.3 Å². The predicted octanol–water partition coefficient (Wildman–Crippen LogP) is 0.687. The smallest absolute Gasteiger partial charge is 0.310 e. The Bertz CT molecular complexity index is 728. The number of piperidine rings is 1. The van der Waals surface area contributed by atoms with Crippen LogP contribution in [-0.2, 0) is 34.2 Å². The van der Waals surface area contributed by atoms with Crippen LogP contribution in [0.5, 0.6) is 0 Å². The lowest BCUT2D eigenvalue weighted by atomic mass is 9.85. The Kier molecular flexibility index (Phi) is 5.20. The Morgan fingerprint density at radius 3 is 2.88 bits per heavy atom. The minimum absolute atomic E-state index is 0.0836. The van der Waals surface area contributed by atoms with Crippen molar-refractivity contribution in [2.75, 3.05) is 19.7 Å². The molecule has 1 fully saturated rings. The van der Waals surface area contributed by atoms with E-state index < -0.39 is 0 Å². The van der Waals surface area contributed by atoms with Gasteiger partial charge in [0.1, 0.15) is 0 Å². The van der Waals surface area contributed by atoms with Crippen molar-refractivity contribution in [3.63, 3.8) is 0 Å². The monoisotopic (exact) mass is 347 g/mol. The molecule has 2 heterocycles. The minimum atomic E-state index is -0.220. The molecule has 1 saturated heterocycles. The van der Waals surface area contributed by atoms with Crippen LogP contribution in [0.2, 0.25) is 0 Å². The number of hydrogen-bond donors (Lipinski definition) is 0. The molecule has 0 bridgehead atoms. The molecular formula is C18H25N3O4. The zero-order valence-electron chi connectivity index (χ0n) is 14.9. The summed E-state index contributed by atoms with van der Waals surface area (Å²) in [4.78, 5) is 38.5. The second-order valence-electron chi connectivity index (χ2n) is 6.89. The molecule has 0 radical (unpaired) electrons. The van der Waals surface area contributed by atoms with Gasteiger partial charge in [-0.05, 0) is 44.6 Å². The fraction of sp³-hybridized carbons (Fsp3) is 0.667. The minimum Gasteiger partial charge on any atom is -0.466 e. The van der Waals surface area contributed by atoms with Gasteiger partial charge in [0.2, 0.25) is 5.91 Å². The highest BCUT2D eigenvalue weighted by atomic mass is 16.5. The van der Waals surface area contributed by atoms with Crippen molar-refractivity contribution in [2.24, 2.45) is 18.9 Å². The zero-order chi connectivity index (χ0) is 18.0. The van der Waals surface area contributed by atoms with Crippen LogP contribution in [0.4, 0.5) is 0 Å². The highest BCUT2D eigenvalue weighted by Crippen LogP contribution is 2.27. The lowest BCUT2D eigenvalue weighted by molar-refractivity contribution is -0.152. The molecule has 2 atom stereocenters. The van der Waals surface area contributed by atoms with E-state index in [1.165, 1.54) is 4.68 Å². The maximum Gasteiger partial charge on any atom is 0.310 e. The largest absolute Gasteiger partial charge is 0.466 e. The maximum atomic E-state index is 12.9. The van der Waals surface area contributed by atoms with Crippen LogP contribution in [0.1, 0.15) is 37.4 Å². The van der Waals surface area contributed by atoms with Crippen molar-refractivity contribution < 1.29 is 14.3 Å². The number of aromatic nitrogens is 2. The Morgan fingerprint density at radius 2 is 2.12 bits per heavy atom. The topological polar surface area (TPSA) is 81.5 Å². The van der Waals surface area contributed by atoms with E-state index in [9.17, 15) is 14.4 Å². The molecule has 0 unspecified atom stereocenters. The first-order valence-electron chi connectivity index (χ1n) is 9.01. The van der Waals surface area contributed by atoms with Gasteiger partial charge in [-0.3, -0.25) is 14.4 Å². The van der Waals surface area contributed by atoms with Gasteiger partial charge in [-0.2, -0.15) is 5.10 Å². The number of aryl methyl sites for hydroxylation is 2. The average Bonchev–Trinajstić information content (AvgIpc) is 2.62. The van der Waals surface area contributed by atoms with Gasteiger partial charge in [0, 0.05) is 32.1 Å². The molecule has 1 amide bonds. The molecule has 1 aliphatic heterocycles. The number of amides is 1. The van der Waals surface area contributed by atoms with E-state index in [2.05, 4.69) is 5.10 Å². The lowest BCUT2D eigenvalue weighted by Crippen LogP contribution is -2.46. The van der Waals surface area contributed by atoms with Crippen molar-refractivity contribution in [1.82, 2.24) is 14.7 Å². The summed E-state index contributed by atoms with van der Waals surface area (Å²) in [6.07, 6.45) is 3.58.